The van der Waals surface area contributed by atoms with Crippen molar-refractivity contribution in [3.63, 3.8) is 0 Å². The average Bonchev–Trinajstić information content (AvgIpc) is 2.49. The number of imidazole rings is 1. The van der Waals surface area contributed by atoms with E-state index in [2.05, 4.69) is 4.98 Å². The molecule has 0 bridgehead atoms. The van der Waals surface area contributed by atoms with E-state index >= 15 is 0 Å². The van der Waals surface area contributed by atoms with Crippen LogP contribution in [0.3, 0.4) is 0 Å². The third-order valence-corrected chi connectivity index (χ3v) is 4.26. The van der Waals surface area contributed by atoms with E-state index in [4.69, 9.17) is 0 Å². The molecule has 5 nitrogen and oxygen atoms in total. The van der Waals surface area contributed by atoms with Crippen LogP contribution in [0.5, 0.6) is 0 Å². The Labute approximate surface area is 90.8 Å². The second-order valence-electron chi connectivity index (χ2n) is 4.52. The molecule has 0 N–H and O–H groups in total. The molecule has 0 saturated heterocycles. The summed E-state index contributed by atoms with van der Waals surface area (Å²) in [4.78, 5) is 3.86. The maximum Gasteiger partial charge on any atom is 0.262 e. The first-order chi connectivity index (χ1) is 6.65. The van der Waals surface area contributed by atoms with Gasteiger partial charge in [-0.1, -0.05) is 0 Å². The van der Waals surface area contributed by atoms with Gasteiger partial charge in [-0.25, -0.2) is 13.4 Å². The third kappa shape index (κ3) is 2.38. The summed E-state index contributed by atoms with van der Waals surface area (Å²) in [6.45, 7) is 5.52. The van der Waals surface area contributed by atoms with Gasteiger partial charge in [-0.2, -0.15) is 4.31 Å². The predicted molar refractivity (Wildman–Crippen MR) is 57.9 cm³/mol. The molecular weight excluding hydrogens is 214 g/mol. The largest absolute Gasteiger partial charge is 0.339 e. The molecule has 6 heteroatoms. The molecule has 0 aliphatic carbocycles. The number of hydrogen-bond donors (Lipinski definition) is 0. The second-order valence-corrected chi connectivity index (χ2v) is 6.44. The normalized spacial score (nSPS) is 13.5. The molecule has 0 atom stereocenters. The zero-order valence-electron chi connectivity index (χ0n) is 9.72. The van der Waals surface area contributed by atoms with Crippen molar-refractivity contribution >= 4 is 10.0 Å². The van der Waals surface area contributed by atoms with Gasteiger partial charge in [0.2, 0.25) is 0 Å². The summed E-state index contributed by atoms with van der Waals surface area (Å²) < 4.78 is 27.0. The maximum atomic E-state index is 12.0. The topological polar surface area (TPSA) is 55.2 Å². The lowest BCUT2D eigenvalue weighted by Crippen LogP contribution is -2.42. The van der Waals surface area contributed by atoms with E-state index in [9.17, 15) is 8.42 Å². The summed E-state index contributed by atoms with van der Waals surface area (Å²) in [6, 6.07) is 0. The lowest BCUT2D eigenvalue weighted by atomic mass is 10.1. The highest BCUT2D eigenvalue weighted by molar-refractivity contribution is 7.89. The first-order valence-corrected chi connectivity index (χ1v) is 6.07. The Morgan fingerprint density at radius 1 is 1.40 bits per heavy atom. The fourth-order valence-corrected chi connectivity index (χ4v) is 2.50. The van der Waals surface area contributed by atoms with Gasteiger partial charge < -0.3 is 4.57 Å². The molecule has 1 aromatic heterocycles. The Balaban J connectivity index is 3.15. The number of aryl methyl sites for hydroxylation is 1. The second kappa shape index (κ2) is 3.61. The van der Waals surface area contributed by atoms with Gasteiger partial charge in [-0.3, -0.25) is 0 Å². The van der Waals surface area contributed by atoms with E-state index < -0.39 is 15.6 Å². The van der Waals surface area contributed by atoms with Gasteiger partial charge in [0.25, 0.3) is 10.0 Å². The molecule has 0 fully saturated rings. The smallest absolute Gasteiger partial charge is 0.262 e. The van der Waals surface area contributed by atoms with Crippen molar-refractivity contribution in [2.45, 2.75) is 31.3 Å². The van der Waals surface area contributed by atoms with Gasteiger partial charge in [0.15, 0.2) is 5.03 Å². The van der Waals surface area contributed by atoms with Crippen molar-refractivity contribution in [2.75, 3.05) is 7.05 Å². The highest BCUT2D eigenvalue weighted by atomic mass is 32.2. The van der Waals surface area contributed by atoms with E-state index in [1.165, 1.54) is 16.8 Å². The molecule has 0 saturated carbocycles. The summed E-state index contributed by atoms with van der Waals surface area (Å²) in [6.07, 6.45) is 2.97. The van der Waals surface area contributed by atoms with Gasteiger partial charge in [0.1, 0.15) is 0 Å². The monoisotopic (exact) mass is 231 g/mol. The van der Waals surface area contributed by atoms with Crippen LogP contribution in [0.25, 0.3) is 0 Å². The highest BCUT2D eigenvalue weighted by Gasteiger charge is 2.31. The number of sulfonamides is 1. The van der Waals surface area contributed by atoms with Crippen molar-refractivity contribution in [2.24, 2.45) is 7.05 Å². The molecule has 0 aromatic carbocycles. The average molecular weight is 231 g/mol. The number of hydrogen-bond acceptors (Lipinski definition) is 3. The predicted octanol–water partition coefficient (Wildman–Crippen LogP) is 0.839. The zero-order valence-corrected chi connectivity index (χ0v) is 10.5. The molecule has 0 spiro atoms. The first-order valence-electron chi connectivity index (χ1n) is 4.62. The number of aromatic nitrogens is 2. The highest BCUT2D eigenvalue weighted by Crippen LogP contribution is 2.20. The van der Waals surface area contributed by atoms with Crippen molar-refractivity contribution < 1.29 is 8.42 Å². The Hall–Kier alpha value is -0.880. The number of nitrogens with zero attached hydrogens (tertiary/aromatic N) is 3. The van der Waals surface area contributed by atoms with E-state index in [0.717, 1.165) is 0 Å². The van der Waals surface area contributed by atoms with Gasteiger partial charge in [0, 0.05) is 25.8 Å². The van der Waals surface area contributed by atoms with Crippen LogP contribution in [-0.4, -0.2) is 34.9 Å². The molecule has 0 aliphatic rings. The molecule has 1 heterocycles. The van der Waals surface area contributed by atoms with Crippen LogP contribution in [-0.2, 0) is 17.1 Å². The van der Waals surface area contributed by atoms with Crippen LogP contribution in [0.2, 0.25) is 0 Å². The first kappa shape index (κ1) is 12.2. The molecule has 15 heavy (non-hydrogen) atoms. The lowest BCUT2D eigenvalue weighted by Gasteiger charge is -2.29. The van der Waals surface area contributed by atoms with Gasteiger partial charge in [-0.05, 0) is 20.8 Å². The minimum atomic E-state index is -3.47. The van der Waals surface area contributed by atoms with Crippen LogP contribution in [0.4, 0.5) is 0 Å². The van der Waals surface area contributed by atoms with Crippen molar-refractivity contribution in [1.82, 2.24) is 13.9 Å². The van der Waals surface area contributed by atoms with E-state index in [1.54, 1.807) is 18.7 Å². The molecule has 0 aliphatic heterocycles. The molecular formula is C9H17N3O2S. The van der Waals surface area contributed by atoms with Crippen molar-refractivity contribution in [3.05, 3.63) is 12.5 Å². The zero-order chi connectivity index (χ0) is 11.9. The van der Waals surface area contributed by atoms with Crippen LogP contribution in [0.1, 0.15) is 20.8 Å². The fraction of sp³-hybridized carbons (Fsp3) is 0.667. The van der Waals surface area contributed by atoms with Crippen molar-refractivity contribution in [3.8, 4) is 0 Å². The Bertz CT molecular complexity index is 442. The summed E-state index contributed by atoms with van der Waals surface area (Å²) in [5, 5.41) is 0.0856. The SMILES string of the molecule is CN(C(C)(C)C)S(=O)(=O)c1cn(C)cn1. The minimum Gasteiger partial charge on any atom is -0.339 e. The fourth-order valence-electron chi connectivity index (χ4n) is 1.02. The molecule has 0 radical (unpaired) electrons. The standard InChI is InChI=1S/C9H17N3O2S/c1-9(2,3)12(5)15(13,14)8-6-11(4)7-10-8/h6-7H,1-5H3. The van der Waals surface area contributed by atoms with Gasteiger partial charge in [0.05, 0.1) is 6.33 Å². The Morgan fingerprint density at radius 2 is 1.93 bits per heavy atom. The third-order valence-electron chi connectivity index (χ3n) is 2.25. The van der Waals surface area contributed by atoms with E-state index in [-0.39, 0.29) is 5.03 Å². The van der Waals surface area contributed by atoms with Gasteiger partial charge >= 0.3 is 0 Å². The Kier molecular flexibility index (Phi) is 2.93. The quantitative estimate of drug-likeness (QED) is 0.758. The summed E-state index contributed by atoms with van der Waals surface area (Å²) >= 11 is 0. The molecule has 1 aromatic rings. The molecule has 0 amide bonds. The van der Waals surface area contributed by atoms with Crippen LogP contribution >= 0.6 is 0 Å². The lowest BCUT2D eigenvalue weighted by molar-refractivity contribution is 0.291. The summed E-state index contributed by atoms with van der Waals surface area (Å²) in [7, 11) is -0.176. The number of rotatable bonds is 2. The van der Waals surface area contributed by atoms with Gasteiger partial charge in [-0.15, -0.1) is 0 Å². The van der Waals surface area contributed by atoms with E-state index in [0.29, 0.717) is 0 Å². The molecule has 86 valence electrons. The summed E-state index contributed by atoms with van der Waals surface area (Å²) in [5.41, 5.74) is -0.448. The van der Waals surface area contributed by atoms with E-state index in [1.807, 2.05) is 20.8 Å². The minimum absolute atomic E-state index is 0.0856. The molecule has 1 rings (SSSR count). The van der Waals surface area contributed by atoms with Crippen LogP contribution < -0.4 is 0 Å². The van der Waals surface area contributed by atoms with Crippen LogP contribution in [0.15, 0.2) is 17.6 Å². The van der Waals surface area contributed by atoms with Crippen molar-refractivity contribution in [1.29, 1.82) is 0 Å². The molecule has 0 unspecified atom stereocenters. The Morgan fingerprint density at radius 3 is 2.27 bits per heavy atom. The summed E-state index contributed by atoms with van der Waals surface area (Å²) in [5.74, 6) is 0. The maximum absolute atomic E-state index is 12.0. The van der Waals surface area contributed by atoms with Crippen LogP contribution in [0, 0.1) is 0 Å².